The first-order valence-electron chi connectivity index (χ1n) is 8.10. The molecule has 2 rings (SSSR count). The first-order valence-corrected chi connectivity index (χ1v) is 8.10. The number of hydrogen-bond donors (Lipinski definition) is 2. The summed E-state index contributed by atoms with van der Waals surface area (Å²) in [4.78, 5) is 12.2. The Hall–Kier alpha value is -2.13. The lowest BCUT2D eigenvalue weighted by Gasteiger charge is -2.12. The van der Waals surface area contributed by atoms with Gasteiger partial charge < -0.3 is 10.4 Å². The van der Waals surface area contributed by atoms with Crippen LogP contribution >= 0.6 is 0 Å². The smallest absolute Gasteiger partial charge is 0.223 e. The molecule has 122 valence electrons. The first kappa shape index (κ1) is 17.2. The van der Waals surface area contributed by atoms with E-state index < -0.39 is 0 Å². The summed E-state index contributed by atoms with van der Waals surface area (Å²) in [5.41, 5.74) is 4.49. The maximum Gasteiger partial charge on any atom is 0.223 e. The van der Waals surface area contributed by atoms with Crippen molar-refractivity contribution in [2.24, 2.45) is 5.92 Å². The van der Waals surface area contributed by atoms with Gasteiger partial charge in [0.2, 0.25) is 5.91 Å². The van der Waals surface area contributed by atoms with Crippen LogP contribution in [-0.4, -0.2) is 17.6 Å². The van der Waals surface area contributed by atoms with Gasteiger partial charge in [-0.3, -0.25) is 4.79 Å². The Bertz CT molecular complexity index is 617. The van der Waals surface area contributed by atoms with Crippen molar-refractivity contribution in [1.29, 1.82) is 0 Å². The summed E-state index contributed by atoms with van der Waals surface area (Å²) < 4.78 is 0. The number of nitrogens with one attached hydrogen (secondary N) is 1. The van der Waals surface area contributed by atoms with Gasteiger partial charge in [-0.2, -0.15) is 0 Å². The van der Waals surface area contributed by atoms with Crippen molar-refractivity contribution in [3.63, 3.8) is 0 Å². The maximum absolute atomic E-state index is 12.2. The van der Waals surface area contributed by atoms with Crippen molar-refractivity contribution in [1.82, 2.24) is 5.32 Å². The van der Waals surface area contributed by atoms with Crippen LogP contribution in [-0.2, 0) is 24.2 Å². The number of aliphatic hydroxyl groups excluding tert-OH is 1. The zero-order valence-corrected chi connectivity index (χ0v) is 13.9. The molecule has 23 heavy (non-hydrogen) atoms. The topological polar surface area (TPSA) is 49.3 Å². The van der Waals surface area contributed by atoms with Gasteiger partial charge in [0.25, 0.3) is 0 Å². The number of carbonyl (C=O) groups excluding carboxylic acids is 1. The SMILES string of the molecule is Cc1ccc(CC(C)C(=O)NCCc2ccc(CO)cc2)cc1. The van der Waals surface area contributed by atoms with E-state index in [1.54, 1.807) is 0 Å². The largest absolute Gasteiger partial charge is 0.392 e. The molecule has 1 amide bonds. The van der Waals surface area contributed by atoms with Crippen LogP contribution < -0.4 is 5.32 Å². The van der Waals surface area contributed by atoms with Gasteiger partial charge in [-0.25, -0.2) is 0 Å². The highest BCUT2D eigenvalue weighted by atomic mass is 16.3. The molecule has 0 aliphatic rings. The summed E-state index contributed by atoms with van der Waals surface area (Å²) in [6.45, 7) is 4.72. The van der Waals surface area contributed by atoms with Gasteiger partial charge in [-0.05, 0) is 36.5 Å². The predicted molar refractivity (Wildman–Crippen MR) is 93.1 cm³/mol. The average molecular weight is 311 g/mol. The third kappa shape index (κ3) is 5.53. The molecular weight excluding hydrogens is 286 g/mol. The second-order valence-electron chi connectivity index (χ2n) is 6.11. The Morgan fingerprint density at radius 3 is 2.17 bits per heavy atom. The fourth-order valence-corrected chi connectivity index (χ4v) is 2.49. The number of aryl methyl sites for hydroxylation is 1. The quantitative estimate of drug-likeness (QED) is 0.826. The predicted octanol–water partition coefficient (Wildman–Crippen LogP) is 3.02. The third-order valence-corrected chi connectivity index (χ3v) is 4.03. The molecule has 3 heteroatoms. The highest BCUT2D eigenvalue weighted by molar-refractivity contribution is 5.78. The molecule has 3 nitrogen and oxygen atoms in total. The number of amides is 1. The molecule has 0 aliphatic heterocycles. The van der Waals surface area contributed by atoms with Crippen LogP contribution in [0.1, 0.15) is 29.2 Å². The van der Waals surface area contributed by atoms with Crippen LogP contribution in [0.5, 0.6) is 0 Å². The van der Waals surface area contributed by atoms with Crippen molar-refractivity contribution in [2.45, 2.75) is 33.3 Å². The molecule has 0 saturated carbocycles. The lowest BCUT2D eigenvalue weighted by molar-refractivity contribution is -0.124. The second kappa shape index (κ2) is 8.49. The zero-order valence-electron chi connectivity index (χ0n) is 13.9. The standard InChI is InChI=1S/C20H25NO2/c1-15-3-5-18(6-4-15)13-16(2)20(23)21-12-11-17-7-9-19(14-22)10-8-17/h3-10,16,22H,11-14H2,1-2H3,(H,21,23). The van der Waals surface area contributed by atoms with E-state index >= 15 is 0 Å². The van der Waals surface area contributed by atoms with Crippen molar-refractivity contribution < 1.29 is 9.90 Å². The molecule has 0 heterocycles. The molecule has 2 aromatic rings. The fourth-order valence-electron chi connectivity index (χ4n) is 2.49. The summed E-state index contributed by atoms with van der Waals surface area (Å²) in [7, 11) is 0. The van der Waals surface area contributed by atoms with E-state index in [0.29, 0.717) is 6.54 Å². The molecule has 0 bridgehead atoms. The number of benzene rings is 2. The molecule has 0 saturated heterocycles. The molecule has 2 aromatic carbocycles. The molecule has 0 aliphatic carbocycles. The minimum atomic E-state index is -0.0329. The van der Waals surface area contributed by atoms with E-state index in [4.69, 9.17) is 5.11 Å². The molecule has 0 fully saturated rings. The minimum Gasteiger partial charge on any atom is -0.392 e. The number of carbonyl (C=O) groups is 1. The van der Waals surface area contributed by atoms with Crippen molar-refractivity contribution in [3.05, 3.63) is 70.8 Å². The Morgan fingerprint density at radius 2 is 1.57 bits per heavy atom. The van der Waals surface area contributed by atoms with Gasteiger partial charge in [0.05, 0.1) is 6.61 Å². The Morgan fingerprint density at radius 1 is 1.00 bits per heavy atom. The van der Waals surface area contributed by atoms with E-state index in [1.807, 2.05) is 31.2 Å². The Balaban J connectivity index is 1.75. The highest BCUT2D eigenvalue weighted by Gasteiger charge is 2.12. The van der Waals surface area contributed by atoms with Crippen LogP contribution in [0.25, 0.3) is 0 Å². The Kier molecular flexibility index (Phi) is 6.36. The molecule has 0 aromatic heterocycles. The molecule has 0 radical (unpaired) electrons. The van der Waals surface area contributed by atoms with E-state index in [9.17, 15) is 4.79 Å². The molecule has 1 atom stereocenters. The highest BCUT2D eigenvalue weighted by Crippen LogP contribution is 2.10. The monoisotopic (exact) mass is 311 g/mol. The van der Waals surface area contributed by atoms with Gasteiger partial charge in [0.15, 0.2) is 0 Å². The summed E-state index contributed by atoms with van der Waals surface area (Å²) in [5, 5.41) is 12.0. The second-order valence-corrected chi connectivity index (χ2v) is 6.11. The number of rotatable bonds is 7. The molecule has 2 N–H and O–H groups in total. The summed E-state index contributed by atoms with van der Waals surface area (Å²) >= 11 is 0. The van der Waals surface area contributed by atoms with Gasteiger partial charge in [0, 0.05) is 12.5 Å². The summed E-state index contributed by atoms with van der Waals surface area (Å²) in [6, 6.07) is 16.1. The molecule has 0 spiro atoms. The fraction of sp³-hybridized carbons (Fsp3) is 0.350. The minimum absolute atomic E-state index is 0.0329. The van der Waals surface area contributed by atoms with Crippen LogP contribution in [0.15, 0.2) is 48.5 Å². The maximum atomic E-state index is 12.2. The van der Waals surface area contributed by atoms with Crippen LogP contribution in [0.3, 0.4) is 0 Å². The first-order chi connectivity index (χ1) is 11.1. The number of hydrogen-bond acceptors (Lipinski definition) is 2. The van der Waals surface area contributed by atoms with E-state index in [-0.39, 0.29) is 18.4 Å². The Labute approximate surface area is 138 Å². The molecule has 1 unspecified atom stereocenters. The van der Waals surface area contributed by atoms with E-state index in [1.165, 1.54) is 11.1 Å². The van der Waals surface area contributed by atoms with E-state index in [2.05, 4.69) is 36.5 Å². The van der Waals surface area contributed by atoms with Gasteiger partial charge in [-0.15, -0.1) is 0 Å². The van der Waals surface area contributed by atoms with Crippen LogP contribution in [0.2, 0.25) is 0 Å². The van der Waals surface area contributed by atoms with Crippen molar-refractivity contribution in [2.75, 3.05) is 6.54 Å². The van der Waals surface area contributed by atoms with Gasteiger partial charge in [0.1, 0.15) is 0 Å². The average Bonchev–Trinajstić information content (AvgIpc) is 2.57. The summed E-state index contributed by atoms with van der Waals surface area (Å²) in [5.74, 6) is 0.0621. The van der Waals surface area contributed by atoms with Crippen LogP contribution in [0, 0.1) is 12.8 Å². The van der Waals surface area contributed by atoms with Gasteiger partial charge >= 0.3 is 0 Å². The lowest BCUT2D eigenvalue weighted by atomic mass is 9.99. The lowest BCUT2D eigenvalue weighted by Crippen LogP contribution is -2.31. The third-order valence-electron chi connectivity index (χ3n) is 4.03. The normalized spacial score (nSPS) is 12.0. The van der Waals surface area contributed by atoms with Crippen molar-refractivity contribution in [3.8, 4) is 0 Å². The van der Waals surface area contributed by atoms with Crippen LogP contribution in [0.4, 0.5) is 0 Å². The number of aliphatic hydroxyl groups is 1. The van der Waals surface area contributed by atoms with E-state index in [0.717, 1.165) is 24.0 Å². The molecular formula is C20H25NO2. The zero-order chi connectivity index (χ0) is 16.7. The summed E-state index contributed by atoms with van der Waals surface area (Å²) in [6.07, 6.45) is 1.56. The van der Waals surface area contributed by atoms with Crippen molar-refractivity contribution >= 4 is 5.91 Å². The van der Waals surface area contributed by atoms with Gasteiger partial charge in [-0.1, -0.05) is 61.0 Å².